The molecule has 0 spiro atoms. The Bertz CT molecular complexity index is 943. The quantitative estimate of drug-likeness (QED) is 0.502. The number of piperidine rings is 1. The molecule has 2 aliphatic rings. The van der Waals surface area contributed by atoms with E-state index in [1.807, 2.05) is 16.8 Å². The van der Waals surface area contributed by atoms with Crippen molar-refractivity contribution in [2.24, 2.45) is 5.92 Å². The van der Waals surface area contributed by atoms with Crippen molar-refractivity contribution < 1.29 is 9.26 Å². The van der Waals surface area contributed by atoms with Gasteiger partial charge in [0.15, 0.2) is 11.0 Å². The highest BCUT2D eigenvalue weighted by Gasteiger charge is 2.26. The monoisotopic (exact) mass is 446 g/mol. The number of hydrogen-bond donors (Lipinski definition) is 0. The van der Waals surface area contributed by atoms with Crippen molar-refractivity contribution in [3.8, 4) is 11.5 Å². The van der Waals surface area contributed by atoms with Crippen LogP contribution in [0.4, 0.5) is 5.95 Å². The van der Waals surface area contributed by atoms with Crippen LogP contribution in [0.1, 0.15) is 38.4 Å². The molecule has 0 radical (unpaired) electrons. The minimum absolute atomic E-state index is 0.234. The van der Waals surface area contributed by atoms with E-state index in [0.717, 1.165) is 61.7 Å². The molecule has 30 heavy (non-hydrogen) atoms. The smallest absolute Gasteiger partial charge is 0.258 e. The molecule has 5 heterocycles. The zero-order valence-corrected chi connectivity index (χ0v) is 18.7. The maximum atomic E-state index is 5.91. The minimum Gasteiger partial charge on any atom is -0.376 e. The van der Waals surface area contributed by atoms with E-state index in [2.05, 4.69) is 36.7 Å². The first-order chi connectivity index (χ1) is 14.8. The molecule has 0 aliphatic carbocycles. The number of nitrogens with zero attached hydrogens (tertiary/aromatic N) is 6. The summed E-state index contributed by atoms with van der Waals surface area (Å²) in [6.07, 6.45) is 4.85. The largest absolute Gasteiger partial charge is 0.376 e. The minimum atomic E-state index is 0.234. The molecule has 0 N–H and O–H groups in total. The number of ether oxygens (including phenoxy) is 1. The van der Waals surface area contributed by atoms with Crippen molar-refractivity contribution in [2.45, 2.75) is 56.2 Å². The van der Waals surface area contributed by atoms with Crippen molar-refractivity contribution in [2.75, 3.05) is 24.6 Å². The van der Waals surface area contributed by atoms with Crippen molar-refractivity contribution in [1.29, 1.82) is 0 Å². The third-order valence-electron chi connectivity index (χ3n) is 5.74. The molecule has 2 fully saturated rings. The lowest BCUT2D eigenvalue weighted by molar-refractivity contribution is 0.0951. The highest BCUT2D eigenvalue weighted by Crippen LogP contribution is 2.29. The molecule has 0 aromatic carbocycles. The van der Waals surface area contributed by atoms with Gasteiger partial charge >= 0.3 is 0 Å². The van der Waals surface area contributed by atoms with Crippen LogP contribution in [-0.2, 0) is 17.0 Å². The molecule has 0 unspecified atom stereocenters. The fourth-order valence-electron chi connectivity index (χ4n) is 3.93. The van der Waals surface area contributed by atoms with Crippen LogP contribution in [0.3, 0.4) is 0 Å². The van der Waals surface area contributed by atoms with Gasteiger partial charge in [-0.15, -0.1) is 10.2 Å². The molecule has 160 valence electrons. The predicted molar refractivity (Wildman–Crippen MR) is 117 cm³/mol. The highest BCUT2D eigenvalue weighted by molar-refractivity contribution is 7.98. The van der Waals surface area contributed by atoms with Crippen molar-refractivity contribution >= 4 is 29.0 Å². The maximum absolute atomic E-state index is 5.91. The van der Waals surface area contributed by atoms with Gasteiger partial charge < -0.3 is 14.2 Å². The normalized spacial score (nSPS) is 20.3. The van der Waals surface area contributed by atoms with Crippen LogP contribution in [-0.4, -0.2) is 50.7 Å². The van der Waals surface area contributed by atoms with Crippen LogP contribution in [0, 0.1) is 5.92 Å². The van der Waals surface area contributed by atoms with E-state index in [0.29, 0.717) is 17.5 Å². The molecule has 10 heteroatoms. The first kappa shape index (κ1) is 20.0. The first-order valence-electron chi connectivity index (χ1n) is 10.5. The van der Waals surface area contributed by atoms with Gasteiger partial charge in [-0.1, -0.05) is 23.8 Å². The fourth-order valence-corrected chi connectivity index (χ4v) is 5.34. The Morgan fingerprint density at radius 2 is 2.13 bits per heavy atom. The standard InChI is InChI=1S/C20H26N6O2S2/c1-14-4-7-25(8-5-14)19-22-23-20(26(19)11-16-3-2-9-27-16)30-13-17-21-18(28-24-17)15-6-10-29-12-15/h6,10,12,14,16H,2-5,7-9,11,13H2,1H3/t16-/m0/s1. The molecule has 8 nitrogen and oxygen atoms in total. The second-order valence-corrected chi connectivity index (χ2v) is 9.74. The lowest BCUT2D eigenvalue weighted by Crippen LogP contribution is -2.35. The number of thioether (sulfide) groups is 1. The summed E-state index contributed by atoms with van der Waals surface area (Å²) in [5.41, 5.74) is 0.965. The Labute approximate surface area is 184 Å². The summed E-state index contributed by atoms with van der Waals surface area (Å²) in [5, 5.41) is 18.1. The Hall–Kier alpha value is -1.91. The number of anilines is 1. The summed E-state index contributed by atoms with van der Waals surface area (Å²) in [6, 6.07) is 1.99. The Morgan fingerprint density at radius 1 is 1.23 bits per heavy atom. The second kappa shape index (κ2) is 9.07. The van der Waals surface area contributed by atoms with Gasteiger partial charge in [-0.05, 0) is 43.0 Å². The van der Waals surface area contributed by atoms with Crippen LogP contribution in [0.2, 0.25) is 0 Å². The van der Waals surface area contributed by atoms with Crippen molar-refractivity contribution in [3.05, 3.63) is 22.7 Å². The molecule has 1 atom stereocenters. The molecule has 0 bridgehead atoms. The predicted octanol–water partition coefficient (Wildman–Crippen LogP) is 4.10. The average Bonchev–Trinajstić information content (AvgIpc) is 3.55. The molecule has 5 rings (SSSR count). The Kier molecular flexibility index (Phi) is 6.05. The van der Waals surface area contributed by atoms with Crippen molar-refractivity contribution in [3.63, 3.8) is 0 Å². The van der Waals surface area contributed by atoms with Gasteiger partial charge in [0.2, 0.25) is 5.95 Å². The Balaban J connectivity index is 1.32. The Morgan fingerprint density at radius 3 is 2.90 bits per heavy atom. The van der Waals surface area contributed by atoms with Gasteiger partial charge in [-0.2, -0.15) is 16.3 Å². The summed E-state index contributed by atoms with van der Waals surface area (Å²) < 4.78 is 13.5. The van der Waals surface area contributed by atoms with Gasteiger partial charge in [0.05, 0.1) is 24.0 Å². The van der Waals surface area contributed by atoms with Crippen LogP contribution in [0.15, 0.2) is 26.5 Å². The topological polar surface area (TPSA) is 82.1 Å². The summed E-state index contributed by atoms with van der Waals surface area (Å²) in [6.45, 7) is 6.03. The number of aromatic nitrogens is 5. The third kappa shape index (κ3) is 4.40. The van der Waals surface area contributed by atoms with Gasteiger partial charge in [0, 0.05) is 25.1 Å². The molecule has 0 amide bonds. The number of thiophene rings is 1. The second-order valence-electron chi connectivity index (χ2n) is 8.01. The molecular weight excluding hydrogens is 420 g/mol. The van der Waals surface area contributed by atoms with E-state index in [9.17, 15) is 0 Å². The van der Waals surface area contributed by atoms with Gasteiger partial charge in [0.1, 0.15) is 0 Å². The van der Waals surface area contributed by atoms with E-state index in [4.69, 9.17) is 9.26 Å². The van der Waals surface area contributed by atoms with Gasteiger partial charge in [-0.3, -0.25) is 4.57 Å². The molecular formula is C20H26N6O2S2. The highest BCUT2D eigenvalue weighted by atomic mass is 32.2. The number of hydrogen-bond acceptors (Lipinski definition) is 9. The van der Waals surface area contributed by atoms with Gasteiger partial charge in [-0.25, -0.2) is 0 Å². The van der Waals surface area contributed by atoms with Gasteiger partial charge in [0.25, 0.3) is 5.89 Å². The van der Waals surface area contributed by atoms with Crippen LogP contribution >= 0.6 is 23.1 Å². The third-order valence-corrected chi connectivity index (χ3v) is 7.39. The number of rotatable bonds is 7. The van der Waals surface area contributed by atoms with E-state index in [1.54, 1.807) is 23.1 Å². The molecule has 0 saturated carbocycles. The van der Waals surface area contributed by atoms with E-state index in [-0.39, 0.29) is 6.10 Å². The summed E-state index contributed by atoms with van der Waals surface area (Å²) in [4.78, 5) is 6.89. The van der Waals surface area contributed by atoms with Crippen LogP contribution in [0.25, 0.3) is 11.5 Å². The SMILES string of the molecule is CC1CCN(c2nnc(SCc3noc(-c4ccsc4)n3)n2C[C@@H]2CCCO2)CC1. The average molecular weight is 447 g/mol. The zero-order chi connectivity index (χ0) is 20.3. The molecule has 2 aliphatic heterocycles. The molecule has 3 aromatic rings. The maximum Gasteiger partial charge on any atom is 0.258 e. The first-order valence-corrected chi connectivity index (χ1v) is 12.5. The van der Waals surface area contributed by atoms with Crippen LogP contribution < -0.4 is 4.90 Å². The molecule has 2 saturated heterocycles. The van der Waals surface area contributed by atoms with E-state index >= 15 is 0 Å². The summed E-state index contributed by atoms with van der Waals surface area (Å²) in [7, 11) is 0. The summed E-state index contributed by atoms with van der Waals surface area (Å²) in [5.74, 6) is 3.57. The lowest BCUT2D eigenvalue weighted by Gasteiger charge is -2.31. The zero-order valence-electron chi connectivity index (χ0n) is 17.1. The lowest BCUT2D eigenvalue weighted by atomic mass is 10.00. The van der Waals surface area contributed by atoms with Crippen LogP contribution in [0.5, 0.6) is 0 Å². The molecule has 3 aromatic heterocycles. The van der Waals surface area contributed by atoms with E-state index < -0.39 is 0 Å². The summed E-state index contributed by atoms with van der Waals surface area (Å²) >= 11 is 3.22. The van der Waals surface area contributed by atoms with E-state index in [1.165, 1.54) is 12.8 Å². The van der Waals surface area contributed by atoms with Crippen molar-refractivity contribution in [1.82, 2.24) is 24.9 Å². The fraction of sp³-hybridized carbons (Fsp3) is 0.600.